The van der Waals surface area contributed by atoms with Gasteiger partial charge in [0.05, 0.1) is 5.56 Å². The van der Waals surface area contributed by atoms with Crippen molar-refractivity contribution in [1.29, 1.82) is 0 Å². The third kappa shape index (κ3) is 2.58. The quantitative estimate of drug-likeness (QED) is 0.895. The monoisotopic (exact) mass is 267 g/mol. The average Bonchev–Trinajstić information content (AvgIpc) is 2.88. The van der Waals surface area contributed by atoms with Gasteiger partial charge in [-0.05, 0) is 35.6 Å². The van der Waals surface area contributed by atoms with Crippen LogP contribution in [-0.4, -0.2) is 17.1 Å². The summed E-state index contributed by atoms with van der Waals surface area (Å²) in [5, 5.41) is 12.6. The Morgan fingerprint density at radius 1 is 1.05 bits per heavy atom. The van der Waals surface area contributed by atoms with E-state index in [2.05, 4.69) is 29.6 Å². The van der Waals surface area contributed by atoms with Gasteiger partial charge < -0.3 is 10.4 Å². The van der Waals surface area contributed by atoms with Gasteiger partial charge in [-0.3, -0.25) is 0 Å². The molecule has 0 bridgehead atoms. The molecular formula is C17H17NO2. The minimum absolute atomic E-state index is 0.385. The van der Waals surface area contributed by atoms with E-state index in [9.17, 15) is 9.90 Å². The second-order valence-electron chi connectivity index (χ2n) is 5.22. The standard InChI is InChI=1S/C17H17NO2/c19-17(20)16-8-4-3-7-14(16)11-18-15-9-12-5-1-2-6-13(12)10-15/h1-8,15,18H,9-11H2,(H,19,20). The Labute approximate surface area is 118 Å². The molecule has 0 radical (unpaired) electrons. The Kier molecular flexibility index (Phi) is 3.52. The van der Waals surface area contributed by atoms with E-state index in [4.69, 9.17) is 0 Å². The first-order chi connectivity index (χ1) is 9.74. The summed E-state index contributed by atoms with van der Waals surface area (Å²) in [6.07, 6.45) is 2.04. The minimum atomic E-state index is -0.864. The molecule has 0 aromatic heterocycles. The van der Waals surface area contributed by atoms with Gasteiger partial charge in [0.15, 0.2) is 0 Å². The van der Waals surface area contributed by atoms with Gasteiger partial charge in [-0.15, -0.1) is 0 Å². The molecule has 0 aliphatic heterocycles. The van der Waals surface area contributed by atoms with Crippen molar-refractivity contribution < 1.29 is 9.90 Å². The molecule has 0 atom stereocenters. The summed E-state index contributed by atoms with van der Waals surface area (Å²) < 4.78 is 0. The van der Waals surface area contributed by atoms with Crippen LogP contribution in [0.2, 0.25) is 0 Å². The Morgan fingerprint density at radius 2 is 1.65 bits per heavy atom. The fraction of sp³-hybridized carbons (Fsp3) is 0.235. The zero-order valence-electron chi connectivity index (χ0n) is 11.2. The molecule has 3 nitrogen and oxygen atoms in total. The molecule has 2 N–H and O–H groups in total. The predicted molar refractivity (Wildman–Crippen MR) is 77.9 cm³/mol. The largest absolute Gasteiger partial charge is 0.478 e. The molecule has 1 aliphatic rings. The fourth-order valence-corrected chi connectivity index (χ4v) is 2.84. The highest BCUT2D eigenvalue weighted by Crippen LogP contribution is 2.22. The number of rotatable bonds is 4. The Hall–Kier alpha value is -2.13. The van der Waals surface area contributed by atoms with Gasteiger partial charge in [-0.25, -0.2) is 4.79 Å². The number of carboxylic acids is 1. The van der Waals surface area contributed by atoms with E-state index in [1.54, 1.807) is 12.1 Å². The van der Waals surface area contributed by atoms with E-state index >= 15 is 0 Å². The van der Waals surface area contributed by atoms with Crippen LogP contribution in [0.25, 0.3) is 0 Å². The summed E-state index contributed by atoms with van der Waals surface area (Å²) >= 11 is 0. The van der Waals surface area contributed by atoms with Crippen LogP contribution in [0.1, 0.15) is 27.0 Å². The maximum atomic E-state index is 11.2. The molecule has 0 saturated carbocycles. The number of aromatic carboxylic acids is 1. The second kappa shape index (κ2) is 5.47. The molecule has 3 rings (SSSR count). The average molecular weight is 267 g/mol. The van der Waals surface area contributed by atoms with Gasteiger partial charge in [-0.2, -0.15) is 0 Å². The Bertz CT molecular complexity index is 611. The summed E-state index contributed by atoms with van der Waals surface area (Å²) in [5.74, 6) is -0.864. The van der Waals surface area contributed by atoms with Crippen LogP contribution in [0, 0.1) is 0 Å². The van der Waals surface area contributed by atoms with Gasteiger partial charge in [0.25, 0.3) is 0 Å². The molecule has 0 amide bonds. The molecule has 0 fully saturated rings. The molecule has 3 heteroatoms. The third-order valence-electron chi connectivity index (χ3n) is 3.88. The Balaban J connectivity index is 1.66. The van der Waals surface area contributed by atoms with Crippen molar-refractivity contribution in [3.63, 3.8) is 0 Å². The molecule has 20 heavy (non-hydrogen) atoms. The first kappa shape index (κ1) is 12.9. The molecule has 102 valence electrons. The lowest BCUT2D eigenvalue weighted by Gasteiger charge is -2.13. The van der Waals surface area contributed by atoms with Crippen LogP contribution in [0.3, 0.4) is 0 Å². The topological polar surface area (TPSA) is 49.3 Å². The van der Waals surface area contributed by atoms with E-state index in [-0.39, 0.29) is 0 Å². The predicted octanol–water partition coefficient (Wildman–Crippen LogP) is 2.64. The van der Waals surface area contributed by atoms with Gasteiger partial charge in [-0.1, -0.05) is 42.5 Å². The van der Waals surface area contributed by atoms with E-state index < -0.39 is 5.97 Å². The van der Waals surface area contributed by atoms with Crippen LogP contribution in [-0.2, 0) is 19.4 Å². The maximum Gasteiger partial charge on any atom is 0.336 e. The fourth-order valence-electron chi connectivity index (χ4n) is 2.84. The number of nitrogens with one attached hydrogen (secondary N) is 1. The van der Waals surface area contributed by atoms with E-state index in [0.29, 0.717) is 18.2 Å². The first-order valence-electron chi connectivity index (χ1n) is 6.85. The molecule has 0 saturated heterocycles. The highest BCUT2D eigenvalue weighted by molar-refractivity contribution is 5.89. The summed E-state index contributed by atoms with van der Waals surface area (Å²) in [6, 6.07) is 16.0. The van der Waals surface area contributed by atoms with Crippen LogP contribution in [0.5, 0.6) is 0 Å². The van der Waals surface area contributed by atoms with Crippen molar-refractivity contribution in [2.45, 2.75) is 25.4 Å². The summed E-state index contributed by atoms with van der Waals surface area (Å²) in [6.45, 7) is 0.598. The smallest absolute Gasteiger partial charge is 0.336 e. The van der Waals surface area contributed by atoms with Crippen LogP contribution >= 0.6 is 0 Å². The summed E-state index contributed by atoms with van der Waals surface area (Å²) in [4.78, 5) is 11.2. The molecule has 0 spiro atoms. The SMILES string of the molecule is O=C(O)c1ccccc1CNC1Cc2ccccc2C1. The van der Waals surface area contributed by atoms with Crippen molar-refractivity contribution >= 4 is 5.97 Å². The van der Waals surface area contributed by atoms with E-state index in [1.165, 1.54) is 11.1 Å². The van der Waals surface area contributed by atoms with Crippen molar-refractivity contribution in [2.75, 3.05) is 0 Å². The van der Waals surface area contributed by atoms with Crippen molar-refractivity contribution in [2.24, 2.45) is 0 Å². The molecule has 2 aromatic carbocycles. The Morgan fingerprint density at radius 3 is 2.30 bits per heavy atom. The lowest BCUT2D eigenvalue weighted by atomic mass is 10.1. The zero-order valence-corrected chi connectivity index (χ0v) is 11.2. The van der Waals surface area contributed by atoms with Crippen LogP contribution in [0.4, 0.5) is 0 Å². The highest BCUT2D eigenvalue weighted by atomic mass is 16.4. The van der Waals surface area contributed by atoms with Gasteiger partial charge >= 0.3 is 5.97 Å². The maximum absolute atomic E-state index is 11.2. The van der Waals surface area contributed by atoms with E-state index in [0.717, 1.165) is 18.4 Å². The molecule has 0 heterocycles. The number of benzene rings is 2. The minimum Gasteiger partial charge on any atom is -0.478 e. The van der Waals surface area contributed by atoms with Crippen molar-refractivity contribution in [3.05, 3.63) is 70.8 Å². The molecule has 2 aromatic rings. The number of fused-ring (bicyclic) bond motifs is 1. The second-order valence-corrected chi connectivity index (χ2v) is 5.22. The lowest BCUT2D eigenvalue weighted by Crippen LogP contribution is -2.29. The number of hydrogen-bond acceptors (Lipinski definition) is 2. The molecular weight excluding hydrogens is 250 g/mol. The van der Waals surface area contributed by atoms with Gasteiger partial charge in [0.1, 0.15) is 0 Å². The highest BCUT2D eigenvalue weighted by Gasteiger charge is 2.20. The summed E-state index contributed by atoms with van der Waals surface area (Å²) in [7, 11) is 0. The number of carbonyl (C=O) groups is 1. The first-order valence-corrected chi connectivity index (χ1v) is 6.85. The normalized spacial score (nSPS) is 14.2. The summed E-state index contributed by atoms with van der Waals surface area (Å²) in [5.41, 5.74) is 4.03. The van der Waals surface area contributed by atoms with Gasteiger partial charge in [0.2, 0.25) is 0 Å². The third-order valence-corrected chi connectivity index (χ3v) is 3.88. The van der Waals surface area contributed by atoms with Crippen LogP contribution < -0.4 is 5.32 Å². The molecule has 1 aliphatic carbocycles. The number of hydrogen-bond donors (Lipinski definition) is 2. The zero-order chi connectivity index (χ0) is 13.9. The van der Waals surface area contributed by atoms with Crippen molar-refractivity contribution in [3.8, 4) is 0 Å². The van der Waals surface area contributed by atoms with Crippen LogP contribution in [0.15, 0.2) is 48.5 Å². The van der Waals surface area contributed by atoms with E-state index in [1.807, 2.05) is 12.1 Å². The number of carboxylic acid groups (broad SMARTS) is 1. The lowest BCUT2D eigenvalue weighted by molar-refractivity contribution is 0.0695. The van der Waals surface area contributed by atoms with Gasteiger partial charge in [0, 0.05) is 12.6 Å². The van der Waals surface area contributed by atoms with Crippen molar-refractivity contribution in [1.82, 2.24) is 5.32 Å². The molecule has 0 unspecified atom stereocenters.